The van der Waals surface area contributed by atoms with Crippen molar-refractivity contribution in [1.29, 1.82) is 0 Å². The number of nitrogens with zero attached hydrogens (tertiary/aromatic N) is 2. The molecule has 11 heteroatoms. The molecule has 1 fully saturated rings. The molecule has 1 aromatic heterocycles. The van der Waals surface area contributed by atoms with Gasteiger partial charge in [-0.2, -0.15) is 4.98 Å². The first-order valence-electron chi connectivity index (χ1n) is 5.91. The summed E-state index contributed by atoms with van der Waals surface area (Å²) < 4.78 is 21.3. The van der Waals surface area contributed by atoms with Crippen LogP contribution < -0.4 is 21.5 Å². The summed E-state index contributed by atoms with van der Waals surface area (Å²) in [5.74, 6) is 0.468. The molecule has 1 saturated heterocycles. The molecule has 10 nitrogen and oxygen atoms in total. The highest BCUT2D eigenvalue weighted by atomic mass is 31.2. The highest BCUT2D eigenvalue weighted by Crippen LogP contribution is 2.45. The smallest absolute Gasteiger partial charge is 0.353 e. The minimum Gasteiger partial charge on any atom is -0.369 e. The molecule has 20 heavy (non-hydrogen) atoms. The fourth-order valence-electron chi connectivity index (χ4n) is 2.10. The standard InChI is InChI=1S/C9H14N5O5P/c10-9-12-7-6(8(15)13-9)11-3-14(7)1-5-2-19-20(16,17)4-18-5/h5,11H,1-4H2,(H,16,17)(H3,10,12,13,15)/t5-/m0/s1. The maximum absolute atomic E-state index is 11.7. The largest absolute Gasteiger partial charge is 0.369 e. The second-order valence-corrected chi connectivity index (χ2v) is 6.35. The highest BCUT2D eigenvalue weighted by molar-refractivity contribution is 7.52. The van der Waals surface area contributed by atoms with E-state index in [2.05, 4.69) is 15.3 Å². The molecule has 0 saturated carbocycles. The van der Waals surface area contributed by atoms with Gasteiger partial charge in [-0.1, -0.05) is 0 Å². The molecule has 5 N–H and O–H groups in total. The van der Waals surface area contributed by atoms with Crippen LogP contribution in [-0.4, -0.2) is 47.1 Å². The Balaban J connectivity index is 1.73. The number of nitrogen functional groups attached to an aromatic ring is 1. The predicted molar refractivity (Wildman–Crippen MR) is 70.6 cm³/mol. The molecule has 0 aromatic carbocycles. The van der Waals surface area contributed by atoms with Gasteiger partial charge in [-0.25, -0.2) is 0 Å². The van der Waals surface area contributed by atoms with E-state index in [-0.39, 0.29) is 30.6 Å². The Labute approximate surface area is 113 Å². The number of nitrogens with one attached hydrogen (secondary N) is 2. The molecule has 0 amide bonds. The van der Waals surface area contributed by atoms with Gasteiger partial charge in [0.2, 0.25) is 5.95 Å². The quantitative estimate of drug-likeness (QED) is 0.511. The highest BCUT2D eigenvalue weighted by Gasteiger charge is 2.33. The second-order valence-electron chi connectivity index (χ2n) is 4.56. The summed E-state index contributed by atoms with van der Waals surface area (Å²) in [6.45, 7) is 0.764. The lowest BCUT2D eigenvalue weighted by molar-refractivity contribution is 0.00570. The van der Waals surface area contributed by atoms with Gasteiger partial charge in [0.15, 0.2) is 5.82 Å². The first-order valence-corrected chi connectivity index (χ1v) is 7.67. The van der Waals surface area contributed by atoms with Crippen molar-refractivity contribution in [3.05, 3.63) is 10.4 Å². The summed E-state index contributed by atoms with van der Waals surface area (Å²) in [5, 5.41) is 2.92. The minimum absolute atomic E-state index is 0.0122. The number of hydrogen-bond acceptors (Lipinski definition) is 8. The Bertz CT molecular complexity index is 622. The zero-order chi connectivity index (χ0) is 14.3. The molecule has 3 heterocycles. The Morgan fingerprint density at radius 3 is 3.10 bits per heavy atom. The predicted octanol–water partition coefficient (Wildman–Crippen LogP) is -0.900. The van der Waals surface area contributed by atoms with Crippen LogP contribution in [0.15, 0.2) is 4.79 Å². The Morgan fingerprint density at radius 2 is 2.40 bits per heavy atom. The monoisotopic (exact) mass is 303 g/mol. The Morgan fingerprint density at radius 1 is 1.60 bits per heavy atom. The summed E-state index contributed by atoms with van der Waals surface area (Å²) >= 11 is 0. The van der Waals surface area contributed by atoms with Crippen LogP contribution in [-0.2, 0) is 13.8 Å². The third kappa shape index (κ3) is 2.50. The first kappa shape index (κ1) is 13.4. The van der Waals surface area contributed by atoms with Crippen molar-refractivity contribution >= 4 is 25.0 Å². The van der Waals surface area contributed by atoms with E-state index >= 15 is 0 Å². The summed E-state index contributed by atoms with van der Waals surface area (Å²) in [6, 6.07) is 0. The first-order chi connectivity index (χ1) is 9.44. The van der Waals surface area contributed by atoms with Crippen molar-refractivity contribution in [2.24, 2.45) is 0 Å². The molecule has 2 aliphatic rings. The van der Waals surface area contributed by atoms with Crippen molar-refractivity contribution < 1.29 is 18.7 Å². The van der Waals surface area contributed by atoms with Crippen molar-refractivity contribution in [2.75, 3.05) is 42.1 Å². The number of nitrogens with two attached hydrogens (primary N) is 1. The van der Waals surface area contributed by atoms with Gasteiger partial charge in [-0.3, -0.25) is 14.3 Å². The van der Waals surface area contributed by atoms with Crippen molar-refractivity contribution in [3.63, 3.8) is 0 Å². The van der Waals surface area contributed by atoms with E-state index in [0.29, 0.717) is 24.7 Å². The minimum atomic E-state index is -3.60. The molecule has 110 valence electrons. The van der Waals surface area contributed by atoms with Crippen molar-refractivity contribution in [3.8, 4) is 0 Å². The van der Waals surface area contributed by atoms with E-state index < -0.39 is 7.60 Å². The van der Waals surface area contributed by atoms with Crippen LogP contribution in [0.4, 0.5) is 17.5 Å². The summed E-state index contributed by atoms with van der Waals surface area (Å²) in [4.78, 5) is 29.1. The van der Waals surface area contributed by atoms with Gasteiger partial charge >= 0.3 is 7.60 Å². The molecule has 1 aromatic rings. The number of aromatic amines is 1. The maximum Gasteiger partial charge on any atom is 0.353 e. The second kappa shape index (κ2) is 4.74. The zero-order valence-electron chi connectivity index (χ0n) is 10.4. The fourth-order valence-corrected chi connectivity index (χ4v) is 2.98. The van der Waals surface area contributed by atoms with Crippen molar-refractivity contribution in [2.45, 2.75) is 6.10 Å². The third-order valence-electron chi connectivity index (χ3n) is 3.02. The van der Waals surface area contributed by atoms with E-state index in [1.54, 1.807) is 4.90 Å². The van der Waals surface area contributed by atoms with Gasteiger partial charge in [-0.05, 0) is 0 Å². The lowest BCUT2D eigenvalue weighted by Gasteiger charge is -2.29. The molecule has 2 atom stereocenters. The van der Waals surface area contributed by atoms with Crippen LogP contribution in [0.5, 0.6) is 0 Å². The van der Waals surface area contributed by atoms with Gasteiger partial charge < -0.3 is 30.1 Å². The lowest BCUT2D eigenvalue weighted by atomic mass is 10.3. The van der Waals surface area contributed by atoms with Gasteiger partial charge in [0.1, 0.15) is 12.0 Å². The Hall–Kier alpha value is -1.61. The van der Waals surface area contributed by atoms with Crippen LogP contribution >= 0.6 is 7.60 Å². The summed E-state index contributed by atoms with van der Waals surface area (Å²) in [5.41, 5.74) is 5.53. The van der Waals surface area contributed by atoms with Crippen LogP contribution in [0.3, 0.4) is 0 Å². The average Bonchev–Trinajstić information content (AvgIpc) is 2.75. The number of fused-ring (bicyclic) bond motifs is 1. The maximum atomic E-state index is 11.7. The lowest BCUT2D eigenvalue weighted by Crippen LogP contribution is -2.39. The van der Waals surface area contributed by atoms with Gasteiger partial charge in [-0.15, -0.1) is 0 Å². The SMILES string of the molecule is Nc1nc2c(c(=O)[nH]1)NCN2C[C@H]1COP(=O)(O)CO1. The van der Waals surface area contributed by atoms with E-state index in [1.165, 1.54) is 0 Å². The normalized spacial score (nSPS) is 29.1. The summed E-state index contributed by atoms with van der Waals surface area (Å²) in [6.07, 6.45) is -0.712. The van der Waals surface area contributed by atoms with Crippen LogP contribution in [0.2, 0.25) is 0 Å². The van der Waals surface area contributed by atoms with Gasteiger partial charge in [0.05, 0.1) is 19.4 Å². The number of aromatic nitrogens is 2. The number of rotatable bonds is 2. The third-order valence-corrected chi connectivity index (χ3v) is 4.05. The van der Waals surface area contributed by atoms with E-state index in [0.717, 1.165) is 0 Å². The van der Waals surface area contributed by atoms with Gasteiger partial charge in [0, 0.05) is 6.54 Å². The molecule has 3 rings (SSSR count). The van der Waals surface area contributed by atoms with Gasteiger partial charge in [0.25, 0.3) is 5.56 Å². The number of ether oxygens (including phenoxy) is 1. The molecular weight excluding hydrogens is 289 g/mol. The zero-order valence-corrected chi connectivity index (χ0v) is 11.3. The van der Waals surface area contributed by atoms with Crippen LogP contribution in [0, 0.1) is 0 Å². The van der Waals surface area contributed by atoms with Crippen LogP contribution in [0.25, 0.3) is 0 Å². The number of anilines is 3. The molecule has 1 unspecified atom stereocenters. The van der Waals surface area contributed by atoms with Crippen molar-refractivity contribution in [1.82, 2.24) is 9.97 Å². The number of H-pyrrole nitrogens is 1. The van der Waals surface area contributed by atoms with Crippen LogP contribution in [0.1, 0.15) is 0 Å². The Kier molecular flexibility index (Phi) is 3.17. The molecule has 0 spiro atoms. The molecular formula is C9H14N5O5P. The topological polar surface area (TPSA) is 143 Å². The fraction of sp³-hybridized carbons (Fsp3) is 0.556. The average molecular weight is 303 g/mol. The molecule has 2 aliphatic heterocycles. The molecule has 0 radical (unpaired) electrons. The van der Waals surface area contributed by atoms with E-state index in [1.807, 2.05) is 0 Å². The van der Waals surface area contributed by atoms with E-state index in [9.17, 15) is 14.3 Å². The van der Waals surface area contributed by atoms with E-state index in [4.69, 9.17) is 15.0 Å². The molecule has 0 bridgehead atoms. The molecule has 0 aliphatic carbocycles. The summed E-state index contributed by atoms with van der Waals surface area (Å²) in [7, 11) is -3.60. The number of hydrogen-bond donors (Lipinski definition) is 4.